The summed E-state index contributed by atoms with van der Waals surface area (Å²) < 4.78 is 1.14. The SMILES string of the molecule is N#Cc1ccc(NC(=O)Nc2ccc3ccsc3c2)cc1C1CCCC1. The van der Waals surface area contributed by atoms with E-state index in [1.165, 1.54) is 18.2 Å². The van der Waals surface area contributed by atoms with Crippen LogP contribution in [0.15, 0.2) is 47.8 Å². The maximum Gasteiger partial charge on any atom is 0.323 e. The third-order valence-corrected chi connectivity index (χ3v) is 5.82. The molecule has 3 aromatic rings. The number of amides is 2. The van der Waals surface area contributed by atoms with Crippen molar-refractivity contribution in [2.24, 2.45) is 0 Å². The second kappa shape index (κ2) is 7.19. The molecule has 1 aliphatic rings. The number of carbonyl (C=O) groups excluding carboxylic acids is 1. The second-order valence-corrected chi connectivity index (χ2v) is 7.60. The lowest BCUT2D eigenvalue weighted by Gasteiger charge is -2.14. The molecule has 5 heteroatoms. The van der Waals surface area contributed by atoms with E-state index in [0.29, 0.717) is 11.5 Å². The molecule has 1 fully saturated rings. The zero-order valence-corrected chi connectivity index (χ0v) is 15.1. The highest BCUT2D eigenvalue weighted by atomic mass is 32.1. The van der Waals surface area contributed by atoms with Crippen molar-refractivity contribution in [2.75, 3.05) is 10.6 Å². The average molecular weight is 361 g/mol. The second-order valence-electron chi connectivity index (χ2n) is 6.65. The molecule has 130 valence electrons. The third-order valence-electron chi connectivity index (χ3n) is 4.94. The minimum Gasteiger partial charge on any atom is -0.308 e. The summed E-state index contributed by atoms with van der Waals surface area (Å²) in [6.07, 6.45) is 4.65. The van der Waals surface area contributed by atoms with E-state index in [-0.39, 0.29) is 6.03 Å². The van der Waals surface area contributed by atoms with Crippen LogP contribution in [0.3, 0.4) is 0 Å². The first kappa shape index (κ1) is 16.6. The van der Waals surface area contributed by atoms with Crippen molar-refractivity contribution in [3.05, 3.63) is 59.0 Å². The molecular formula is C21H19N3OS. The van der Waals surface area contributed by atoms with Gasteiger partial charge in [-0.25, -0.2) is 4.79 Å². The monoisotopic (exact) mass is 361 g/mol. The first-order valence-electron chi connectivity index (χ1n) is 8.82. The fourth-order valence-electron chi connectivity index (χ4n) is 3.64. The molecule has 1 aromatic heterocycles. The Morgan fingerprint density at radius 2 is 1.77 bits per heavy atom. The summed E-state index contributed by atoms with van der Waals surface area (Å²) >= 11 is 1.65. The van der Waals surface area contributed by atoms with Crippen molar-refractivity contribution in [3.8, 4) is 6.07 Å². The van der Waals surface area contributed by atoms with Crippen LogP contribution in [-0.2, 0) is 0 Å². The van der Waals surface area contributed by atoms with Gasteiger partial charge in [0.25, 0.3) is 0 Å². The summed E-state index contributed by atoms with van der Waals surface area (Å²) in [6, 6.07) is 15.5. The fraction of sp³-hybridized carbons (Fsp3) is 0.238. The number of anilines is 2. The van der Waals surface area contributed by atoms with Gasteiger partial charge in [0.2, 0.25) is 0 Å². The van der Waals surface area contributed by atoms with E-state index in [2.05, 4.69) is 22.8 Å². The molecule has 0 spiro atoms. The number of urea groups is 1. The number of benzene rings is 2. The highest BCUT2D eigenvalue weighted by molar-refractivity contribution is 7.17. The van der Waals surface area contributed by atoms with Crippen LogP contribution in [0.4, 0.5) is 16.2 Å². The van der Waals surface area contributed by atoms with E-state index >= 15 is 0 Å². The fourth-order valence-corrected chi connectivity index (χ4v) is 4.47. The number of carbonyl (C=O) groups is 1. The van der Waals surface area contributed by atoms with Crippen LogP contribution < -0.4 is 10.6 Å². The standard InChI is InChI=1S/C21H19N3OS/c22-13-16-6-8-17(11-19(16)14-3-1-2-4-14)23-21(25)24-18-7-5-15-9-10-26-20(15)12-18/h5-12,14H,1-4H2,(H2,23,24,25). The van der Waals surface area contributed by atoms with Gasteiger partial charge >= 0.3 is 6.03 Å². The Morgan fingerprint density at radius 1 is 1.04 bits per heavy atom. The van der Waals surface area contributed by atoms with Gasteiger partial charge in [-0.3, -0.25) is 0 Å². The molecule has 1 aliphatic carbocycles. The zero-order chi connectivity index (χ0) is 17.9. The molecule has 1 saturated carbocycles. The van der Waals surface area contributed by atoms with Crippen molar-refractivity contribution < 1.29 is 4.79 Å². The van der Waals surface area contributed by atoms with E-state index in [1.807, 2.05) is 29.6 Å². The smallest absolute Gasteiger partial charge is 0.308 e. The first-order chi connectivity index (χ1) is 12.7. The van der Waals surface area contributed by atoms with Crippen LogP contribution in [0.5, 0.6) is 0 Å². The average Bonchev–Trinajstić information content (AvgIpc) is 3.33. The minimum absolute atomic E-state index is 0.275. The van der Waals surface area contributed by atoms with Crippen LogP contribution in [-0.4, -0.2) is 6.03 Å². The van der Waals surface area contributed by atoms with Crippen LogP contribution in [0.1, 0.15) is 42.7 Å². The van der Waals surface area contributed by atoms with Crippen molar-refractivity contribution in [3.63, 3.8) is 0 Å². The predicted octanol–water partition coefficient (Wildman–Crippen LogP) is 6.07. The third kappa shape index (κ3) is 3.42. The lowest BCUT2D eigenvalue weighted by molar-refractivity contribution is 0.262. The van der Waals surface area contributed by atoms with Gasteiger partial charge in [0.1, 0.15) is 0 Å². The summed E-state index contributed by atoms with van der Waals surface area (Å²) in [5.74, 6) is 0.427. The number of fused-ring (bicyclic) bond motifs is 1. The lowest BCUT2D eigenvalue weighted by atomic mass is 9.93. The van der Waals surface area contributed by atoms with Gasteiger partial charge in [-0.05, 0) is 71.5 Å². The molecule has 0 radical (unpaired) electrons. The van der Waals surface area contributed by atoms with E-state index in [9.17, 15) is 10.1 Å². The number of rotatable bonds is 3. The van der Waals surface area contributed by atoms with E-state index < -0.39 is 0 Å². The Labute approximate surface area is 156 Å². The van der Waals surface area contributed by atoms with Crippen LogP contribution in [0, 0.1) is 11.3 Å². The number of nitrogens with zero attached hydrogens (tertiary/aromatic N) is 1. The van der Waals surface area contributed by atoms with Crippen molar-refractivity contribution in [1.82, 2.24) is 0 Å². The number of hydrogen-bond acceptors (Lipinski definition) is 3. The van der Waals surface area contributed by atoms with Crippen LogP contribution in [0.25, 0.3) is 10.1 Å². The molecule has 2 aromatic carbocycles. The quantitative estimate of drug-likeness (QED) is 0.594. The maximum absolute atomic E-state index is 12.4. The largest absolute Gasteiger partial charge is 0.323 e. The Hall–Kier alpha value is -2.84. The van der Waals surface area contributed by atoms with E-state index in [1.54, 1.807) is 23.5 Å². The molecule has 2 amide bonds. The Kier molecular flexibility index (Phi) is 4.59. The molecule has 1 heterocycles. The summed E-state index contributed by atoms with van der Waals surface area (Å²) in [4.78, 5) is 12.4. The predicted molar refractivity (Wildman–Crippen MR) is 107 cm³/mol. The van der Waals surface area contributed by atoms with E-state index in [0.717, 1.165) is 34.5 Å². The number of thiophene rings is 1. The summed E-state index contributed by atoms with van der Waals surface area (Å²) in [6.45, 7) is 0. The number of nitrogens with one attached hydrogen (secondary N) is 2. The van der Waals surface area contributed by atoms with Gasteiger partial charge in [-0.1, -0.05) is 18.9 Å². The van der Waals surface area contributed by atoms with Crippen LogP contribution in [0.2, 0.25) is 0 Å². The van der Waals surface area contributed by atoms with Crippen molar-refractivity contribution in [1.29, 1.82) is 5.26 Å². The van der Waals surface area contributed by atoms with Gasteiger partial charge in [0, 0.05) is 16.1 Å². The molecule has 2 N–H and O–H groups in total. The Balaban J connectivity index is 1.50. The van der Waals surface area contributed by atoms with Gasteiger partial charge in [-0.2, -0.15) is 5.26 Å². The summed E-state index contributed by atoms with van der Waals surface area (Å²) in [5.41, 5.74) is 3.26. The highest BCUT2D eigenvalue weighted by Crippen LogP contribution is 2.36. The number of nitriles is 1. The minimum atomic E-state index is -0.275. The van der Waals surface area contributed by atoms with Crippen molar-refractivity contribution >= 4 is 38.8 Å². The van der Waals surface area contributed by atoms with Crippen molar-refractivity contribution in [2.45, 2.75) is 31.6 Å². The Bertz CT molecular complexity index is 996. The van der Waals surface area contributed by atoms with Crippen LogP contribution >= 0.6 is 11.3 Å². The molecule has 0 atom stereocenters. The highest BCUT2D eigenvalue weighted by Gasteiger charge is 2.20. The van der Waals surface area contributed by atoms with Gasteiger partial charge < -0.3 is 10.6 Å². The normalized spacial score (nSPS) is 14.3. The molecular weight excluding hydrogens is 342 g/mol. The molecule has 0 unspecified atom stereocenters. The molecule has 26 heavy (non-hydrogen) atoms. The van der Waals surface area contributed by atoms with Gasteiger partial charge in [0.05, 0.1) is 11.6 Å². The maximum atomic E-state index is 12.4. The molecule has 4 nitrogen and oxygen atoms in total. The topological polar surface area (TPSA) is 64.9 Å². The summed E-state index contributed by atoms with van der Waals surface area (Å²) in [7, 11) is 0. The van der Waals surface area contributed by atoms with Gasteiger partial charge in [0.15, 0.2) is 0 Å². The molecule has 4 rings (SSSR count). The molecule has 0 saturated heterocycles. The first-order valence-corrected chi connectivity index (χ1v) is 9.70. The summed E-state index contributed by atoms with van der Waals surface area (Å²) in [5, 5.41) is 18.4. The molecule has 0 aliphatic heterocycles. The Morgan fingerprint density at radius 3 is 2.54 bits per heavy atom. The van der Waals surface area contributed by atoms with E-state index in [4.69, 9.17) is 0 Å². The lowest BCUT2D eigenvalue weighted by Crippen LogP contribution is -2.19. The van der Waals surface area contributed by atoms with Gasteiger partial charge in [-0.15, -0.1) is 11.3 Å². The number of hydrogen-bond donors (Lipinski definition) is 2. The molecule has 0 bridgehead atoms. The zero-order valence-electron chi connectivity index (χ0n) is 14.3.